The van der Waals surface area contributed by atoms with Crippen LogP contribution in [0, 0.1) is 6.92 Å². The van der Waals surface area contributed by atoms with Crippen LogP contribution in [0.3, 0.4) is 0 Å². The third kappa shape index (κ3) is 2.15. The zero-order valence-electron chi connectivity index (χ0n) is 9.47. The van der Waals surface area contributed by atoms with Crippen LogP contribution < -0.4 is 0 Å². The molecule has 0 aromatic carbocycles. The lowest BCUT2D eigenvalue weighted by atomic mass is 10.0. The van der Waals surface area contributed by atoms with Gasteiger partial charge in [-0.25, -0.2) is 0 Å². The summed E-state index contributed by atoms with van der Waals surface area (Å²) in [6, 6.07) is 5.93. The van der Waals surface area contributed by atoms with E-state index in [2.05, 4.69) is 11.9 Å². The molecule has 3 heteroatoms. The largest absolute Gasteiger partial charge is 0.383 e. The first-order chi connectivity index (χ1) is 7.72. The maximum absolute atomic E-state index is 10.3. The van der Waals surface area contributed by atoms with Gasteiger partial charge >= 0.3 is 0 Å². The summed E-state index contributed by atoms with van der Waals surface area (Å²) in [4.78, 5) is 6.31. The molecule has 2 aromatic heterocycles. The van der Waals surface area contributed by atoms with E-state index >= 15 is 0 Å². The maximum atomic E-state index is 10.3. The van der Waals surface area contributed by atoms with E-state index in [1.165, 1.54) is 4.88 Å². The van der Waals surface area contributed by atoms with Crippen molar-refractivity contribution in [3.63, 3.8) is 0 Å². The minimum absolute atomic E-state index is 0.517. The molecule has 0 saturated heterocycles. The Bertz CT molecular complexity index is 478. The zero-order chi connectivity index (χ0) is 11.5. The number of aliphatic hydroxyl groups excluding tert-OH is 1. The van der Waals surface area contributed by atoms with Crippen LogP contribution in [0.2, 0.25) is 0 Å². The molecule has 0 aliphatic rings. The van der Waals surface area contributed by atoms with E-state index in [1.807, 2.05) is 31.3 Å². The molecule has 0 amide bonds. The van der Waals surface area contributed by atoms with Crippen molar-refractivity contribution in [2.75, 3.05) is 0 Å². The second-order valence-electron chi connectivity index (χ2n) is 3.78. The van der Waals surface area contributed by atoms with Crippen molar-refractivity contribution in [3.8, 4) is 0 Å². The standard InChI is InChI=1S/C13H15NOS/c1-3-10-8-14-7-6-11(10)13(15)12-5-4-9(2)16-12/h4-8,13,15H,3H2,1-2H3. The molecule has 0 radical (unpaired) electrons. The smallest absolute Gasteiger partial charge is 0.114 e. The molecule has 2 rings (SSSR count). The van der Waals surface area contributed by atoms with Crippen LogP contribution in [0.15, 0.2) is 30.6 Å². The van der Waals surface area contributed by atoms with Crippen molar-refractivity contribution < 1.29 is 5.11 Å². The van der Waals surface area contributed by atoms with Gasteiger partial charge in [-0.3, -0.25) is 4.98 Å². The SMILES string of the molecule is CCc1cnccc1C(O)c1ccc(C)s1. The molecule has 0 aliphatic carbocycles. The van der Waals surface area contributed by atoms with Crippen LogP contribution in [0.25, 0.3) is 0 Å². The van der Waals surface area contributed by atoms with E-state index in [0.29, 0.717) is 0 Å². The number of aliphatic hydroxyl groups is 1. The number of nitrogens with zero attached hydrogens (tertiary/aromatic N) is 1. The quantitative estimate of drug-likeness (QED) is 0.883. The van der Waals surface area contributed by atoms with Crippen LogP contribution in [0.1, 0.15) is 33.9 Å². The summed E-state index contributed by atoms with van der Waals surface area (Å²) in [7, 11) is 0. The Balaban J connectivity index is 2.36. The number of pyridine rings is 1. The Labute approximate surface area is 99.6 Å². The highest BCUT2D eigenvalue weighted by Crippen LogP contribution is 2.29. The van der Waals surface area contributed by atoms with E-state index in [9.17, 15) is 5.11 Å². The third-order valence-electron chi connectivity index (χ3n) is 2.65. The van der Waals surface area contributed by atoms with Crippen molar-refractivity contribution in [2.45, 2.75) is 26.4 Å². The lowest BCUT2D eigenvalue weighted by Crippen LogP contribution is -2.02. The first kappa shape index (κ1) is 11.3. The van der Waals surface area contributed by atoms with Crippen molar-refractivity contribution in [3.05, 3.63) is 51.5 Å². The van der Waals surface area contributed by atoms with Gasteiger partial charge in [0.1, 0.15) is 6.10 Å². The van der Waals surface area contributed by atoms with Gasteiger partial charge in [-0.2, -0.15) is 0 Å². The Morgan fingerprint density at radius 1 is 1.38 bits per heavy atom. The number of aryl methyl sites for hydroxylation is 2. The summed E-state index contributed by atoms with van der Waals surface area (Å²) in [5, 5.41) is 10.3. The van der Waals surface area contributed by atoms with E-state index < -0.39 is 6.10 Å². The van der Waals surface area contributed by atoms with Gasteiger partial charge in [0.05, 0.1) is 0 Å². The monoisotopic (exact) mass is 233 g/mol. The molecule has 16 heavy (non-hydrogen) atoms. The number of hydrogen-bond acceptors (Lipinski definition) is 3. The maximum Gasteiger partial charge on any atom is 0.114 e. The van der Waals surface area contributed by atoms with Crippen LogP contribution in [0.4, 0.5) is 0 Å². The summed E-state index contributed by atoms with van der Waals surface area (Å²) in [5.74, 6) is 0. The highest BCUT2D eigenvalue weighted by Gasteiger charge is 2.15. The van der Waals surface area contributed by atoms with Crippen LogP contribution in [0.5, 0.6) is 0 Å². The molecule has 0 bridgehead atoms. The topological polar surface area (TPSA) is 33.1 Å². The molecule has 0 aliphatic heterocycles. The minimum atomic E-state index is -0.517. The molecule has 2 aromatic rings. The molecule has 2 nitrogen and oxygen atoms in total. The molecule has 0 spiro atoms. The molecular formula is C13H15NOS. The summed E-state index contributed by atoms with van der Waals surface area (Å²) >= 11 is 1.64. The lowest BCUT2D eigenvalue weighted by Gasteiger charge is -2.12. The van der Waals surface area contributed by atoms with Gasteiger partial charge in [-0.1, -0.05) is 6.92 Å². The van der Waals surface area contributed by atoms with Gasteiger partial charge in [0.15, 0.2) is 0 Å². The Kier molecular flexibility index (Phi) is 3.36. The van der Waals surface area contributed by atoms with Crippen LogP contribution >= 0.6 is 11.3 Å². The fourth-order valence-corrected chi connectivity index (χ4v) is 2.64. The van der Waals surface area contributed by atoms with Crippen molar-refractivity contribution in [1.29, 1.82) is 0 Å². The molecule has 2 heterocycles. The average molecular weight is 233 g/mol. The van der Waals surface area contributed by atoms with Crippen molar-refractivity contribution in [1.82, 2.24) is 4.98 Å². The van der Waals surface area contributed by atoms with Crippen molar-refractivity contribution in [2.24, 2.45) is 0 Å². The Hall–Kier alpha value is -1.19. The average Bonchev–Trinajstić information content (AvgIpc) is 2.75. The zero-order valence-corrected chi connectivity index (χ0v) is 10.3. The first-order valence-electron chi connectivity index (χ1n) is 5.39. The van der Waals surface area contributed by atoms with E-state index in [-0.39, 0.29) is 0 Å². The predicted molar refractivity (Wildman–Crippen MR) is 66.7 cm³/mol. The Morgan fingerprint density at radius 2 is 2.19 bits per heavy atom. The summed E-state index contributed by atoms with van der Waals surface area (Å²) in [5.41, 5.74) is 2.08. The minimum Gasteiger partial charge on any atom is -0.383 e. The summed E-state index contributed by atoms with van der Waals surface area (Å²) in [6.45, 7) is 4.13. The third-order valence-corrected chi connectivity index (χ3v) is 3.70. The molecule has 1 atom stereocenters. The highest BCUT2D eigenvalue weighted by atomic mass is 32.1. The molecule has 84 valence electrons. The number of hydrogen-bond donors (Lipinski definition) is 1. The van der Waals surface area contributed by atoms with Crippen LogP contribution in [-0.4, -0.2) is 10.1 Å². The number of thiophene rings is 1. The summed E-state index contributed by atoms with van der Waals surface area (Å²) in [6.07, 6.45) is 3.94. The highest BCUT2D eigenvalue weighted by molar-refractivity contribution is 7.12. The van der Waals surface area contributed by atoms with E-state index in [1.54, 1.807) is 17.5 Å². The van der Waals surface area contributed by atoms with Gasteiger partial charge < -0.3 is 5.11 Å². The summed E-state index contributed by atoms with van der Waals surface area (Å²) < 4.78 is 0. The van der Waals surface area contributed by atoms with E-state index in [0.717, 1.165) is 22.4 Å². The number of aromatic nitrogens is 1. The van der Waals surface area contributed by atoms with Gasteiger partial charge in [0.25, 0.3) is 0 Å². The Morgan fingerprint density at radius 3 is 2.81 bits per heavy atom. The van der Waals surface area contributed by atoms with Crippen LogP contribution in [-0.2, 0) is 6.42 Å². The lowest BCUT2D eigenvalue weighted by molar-refractivity contribution is 0.223. The van der Waals surface area contributed by atoms with Crippen molar-refractivity contribution >= 4 is 11.3 Å². The van der Waals surface area contributed by atoms with Gasteiger partial charge in [0, 0.05) is 22.1 Å². The fraction of sp³-hybridized carbons (Fsp3) is 0.308. The number of rotatable bonds is 3. The van der Waals surface area contributed by atoms with Gasteiger partial charge in [-0.15, -0.1) is 11.3 Å². The van der Waals surface area contributed by atoms with Gasteiger partial charge in [-0.05, 0) is 42.7 Å². The van der Waals surface area contributed by atoms with E-state index in [4.69, 9.17) is 0 Å². The molecule has 1 N–H and O–H groups in total. The molecule has 0 saturated carbocycles. The first-order valence-corrected chi connectivity index (χ1v) is 6.21. The normalized spacial score (nSPS) is 12.7. The van der Waals surface area contributed by atoms with Gasteiger partial charge in [0.2, 0.25) is 0 Å². The molecule has 0 fully saturated rings. The second-order valence-corrected chi connectivity index (χ2v) is 5.10. The predicted octanol–water partition coefficient (Wildman–Crippen LogP) is 3.10. The molecule has 1 unspecified atom stereocenters. The second kappa shape index (κ2) is 4.76. The molecular weight excluding hydrogens is 218 g/mol. The fourth-order valence-electron chi connectivity index (χ4n) is 1.75.